The van der Waals surface area contributed by atoms with E-state index in [1.807, 2.05) is 62.6 Å². The van der Waals surface area contributed by atoms with Crippen LogP contribution in [0.25, 0.3) is 16.9 Å². The number of aromatic nitrogens is 3. The molecule has 0 saturated carbocycles. The third-order valence-electron chi connectivity index (χ3n) is 6.08. The van der Waals surface area contributed by atoms with Crippen molar-refractivity contribution in [3.05, 3.63) is 82.8 Å². The number of carboxylic acid groups (broad SMARTS) is 1. The second-order valence-electron chi connectivity index (χ2n) is 8.54. The molecule has 1 N–H and O–H groups in total. The third kappa shape index (κ3) is 4.77. The molecule has 0 atom stereocenters. The second kappa shape index (κ2) is 9.50. The van der Waals surface area contributed by atoms with Gasteiger partial charge in [0.25, 0.3) is 10.0 Å². The number of amides is 1. The Morgan fingerprint density at radius 2 is 1.66 bits per heavy atom. The average molecular weight is 493 g/mol. The lowest BCUT2D eigenvalue weighted by Crippen LogP contribution is -2.37. The van der Waals surface area contributed by atoms with Crippen LogP contribution in [0.1, 0.15) is 35.1 Å². The van der Waals surface area contributed by atoms with Gasteiger partial charge in [0.15, 0.2) is 5.65 Å². The van der Waals surface area contributed by atoms with Crippen LogP contribution in [0.5, 0.6) is 0 Å². The predicted octanol–water partition coefficient (Wildman–Crippen LogP) is 4.82. The third-order valence-corrected chi connectivity index (χ3v) is 7.87. The summed E-state index contributed by atoms with van der Waals surface area (Å²) in [6, 6.07) is 15.8. The molecule has 0 bridgehead atoms. The number of aryl methyl sites for hydroxylation is 4. The first-order valence-corrected chi connectivity index (χ1v) is 12.8. The van der Waals surface area contributed by atoms with Crippen LogP contribution in [0, 0.1) is 20.8 Å². The van der Waals surface area contributed by atoms with E-state index in [-0.39, 0.29) is 17.9 Å². The van der Waals surface area contributed by atoms with E-state index < -0.39 is 16.1 Å². The molecule has 9 heteroatoms. The number of rotatable bonds is 7. The quantitative estimate of drug-likeness (QED) is 0.397. The summed E-state index contributed by atoms with van der Waals surface area (Å²) in [5.41, 5.74) is 6.27. The van der Waals surface area contributed by atoms with E-state index in [4.69, 9.17) is 9.97 Å². The molecule has 4 rings (SSSR count). The summed E-state index contributed by atoms with van der Waals surface area (Å²) in [7, 11) is -4.16. The first-order chi connectivity index (χ1) is 16.6. The molecule has 182 valence electrons. The molecule has 0 spiro atoms. The van der Waals surface area contributed by atoms with Gasteiger partial charge in [0.05, 0.1) is 4.90 Å². The normalized spacial score (nSPS) is 11.7. The standard InChI is InChI=1S/C26H28N4O4S/c1-5-24-28-23-16-18(3)19(4)27-25(23)30(24)21-10-8-20(9-11-21)14-15-29(26(31)32)35(33,34)22-12-6-17(2)7-13-22/h6-13,16H,5,14-15H2,1-4H3,(H,31,32). The Morgan fingerprint density at radius 3 is 2.26 bits per heavy atom. The van der Waals surface area contributed by atoms with E-state index in [1.165, 1.54) is 12.1 Å². The highest BCUT2D eigenvalue weighted by molar-refractivity contribution is 7.89. The maximum atomic E-state index is 12.9. The van der Waals surface area contributed by atoms with Crippen LogP contribution in [-0.2, 0) is 22.9 Å². The molecule has 2 heterocycles. The van der Waals surface area contributed by atoms with Crippen molar-refractivity contribution in [1.29, 1.82) is 0 Å². The van der Waals surface area contributed by atoms with E-state index >= 15 is 0 Å². The van der Waals surface area contributed by atoms with Crippen LogP contribution in [0.3, 0.4) is 0 Å². The number of hydrogen-bond donors (Lipinski definition) is 1. The van der Waals surface area contributed by atoms with Crippen LogP contribution in [0.15, 0.2) is 59.5 Å². The van der Waals surface area contributed by atoms with E-state index in [0.29, 0.717) is 4.31 Å². The zero-order chi connectivity index (χ0) is 25.3. The summed E-state index contributed by atoms with van der Waals surface area (Å²) in [6.07, 6.45) is -0.517. The Hall–Kier alpha value is -3.72. The molecule has 0 saturated heterocycles. The fourth-order valence-corrected chi connectivity index (χ4v) is 5.22. The highest BCUT2D eigenvalue weighted by Crippen LogP contribution is 2.23. The molecule has 0 fully saturated rings. The topological polar surface area (TPSA) is 105 Å². The zero-order valence-electron chi connectivity index (χ0n) is 20.2. The highest BCUT2D eigenvalue weighted by Gasteiger charge is 2.28. The fourth-order valence-electron chi connectivity index (χ4n) is 3.94. The summed E-state index contributed by atoms with van der Waals surface area (Å²) in [5, 5.41) is 9.60. The van der Waals surface area contributed by atoms with E-state index in [9.17, 15) is 18.3 Å². The summed E-state index contributed by atoms with van der Waals surface area (Å²) >= 11 is 0. The molecule has 0 aliphatic heterocycles. The first-order valence-electron chi connectivity index (χ1n) is 11.4. The lowest BCUT2D eigenvalue weighted by molar-refractivity contribution is 0.172. The van der Waals surface area contributed by atoms with Crippen molar-refractivity contribution >= 4 is 27.3 Å². The lowest BCUT2D eigenvalue weighted by Gasteiger charge is -2.19. The zero-order valence-corrected chi connectivity index (χ0v) is 21.0. The van der Waals surface area contributed by atoms with Gasteiger partial charge in [-0.15, -0.1) is 0 Å². The maximum absolute atomic E-state index is 12.9. The molecule has 35 heavy (non-hydrogen) atoms. The lowest BCUT2D eigenvalue weighted by atomic mass is 10.1. The van der Waals surface area contributed by atoms with Gasteiger partial charge in [-0.05, 0) is 68.7 Å². The number of imidazole rings is 1. The second-order valence-corrected chi connectivity index (χ2v) is 10.4. The van der Waals surface area contributed by atoms with Crippen molar-refractivity contribution in [3.8, 4) is 5.69 Å². The number of nitrogens with zero attached hydrogens (tertiary/aromatic N) is 4. The highest BCUT2D eigenvalue weighted by atomic mass is 32.2. The van der Waals surface area contributed by atoms with Gasteiger partial charge in [-0.2, -0.15) is 0 Å². The summed E-state index contributed by atoms with van der Waals surface area (Å²) in [5.74, 6) is 0.895. The van der Waals surface area contributed by atoms with Crippen molar-refractivity contribution in [3.63, 3.8) is 0 Å². The number of hydrogen-bond acceptors (Lipinski definition) is 5. The van der Waals surface area contributed by atoms with Crippen LogP contribution >= 0.6 is 0 Å². The molecule has 0 aliphatic carbocycles. The van der Waals surface area contributed by atoms with Gasteiger partial charge in [-0.1, -0.05) is 36.8 Å². The van der Waals surface area contributed by atoms with E-state index in [0.717, 1.165) is 51.5 Å². The van der Waals surface area contributed by atoms with Crippen molar-refractivity contribution in [2.24, 2.45) is 0 Å². The molecule has 2 aromatic carbocycles. The number of pyridine rings is 1. The maximum Gasteiger partial charge on any atom is 0.421 e. The summed E-state index contributed by atoms with van der Waals surface area (Å²) < 4.78 is 28.3. The average Bonchev–Trinajstić information content (AvgIpc) is 3.17. The van der Waals surface area contributed by atoms with Gasteiger partial charge in [-0.3, -0.25) is 4.57 Å². The Bertz CT molecular complexity index is 1490. The van der Waals surface area contributed by atoms with Crippen LogP contribution in [0.4, 0.5) is 4.79 Å². The van der Waals surface area contributed by atoms with Crippen molar-refractivity contribution < 1.29 is 18.3 Å². The van der Waals surface area contributed by atoms with Gasteiger partial charge >= 0.3 is 6.09 Å². The Kier molecular flexibility index (Phi) is 6.62. The Balaban J connectivity index is 1.58. The number of carbonyl (C=O) groups is 1. The molecular weight excluding hydrogens is 464 g/mol. The predicted molar refractivity (Wildman–Crippen MR) is 135 cm³/mol. The first kappa shape index (κ1) is 24.4. The SMILES string of the molecule is CCc1nc2cc(C)c(C)nc2n1-c1ccc(CCN(C(=O)O)S(=O)(=O)c2ccc(C)cc2)cc1. The Labute approximate surface area is 204 Å². The molecular formula is C26H28N4O4S. The number of sulfonamides is 1. The van der Waals surface area contributed by atoms with Crippen LogP contribution in [-0.4, -0.2) is 45.0 Å². The molecule has 0 unspecified atom stereocenters. The summed E-state index contributed by atoms with van der Waals surface area (Å²) in [6.45, 7) is 7.68. The minimum absolute atomic E-state index is 0.0436. The largest absolute Gasteiger partial charge is 0.464 e. The van der Waals surface area contributed by atoms with Gasteiger partial charge in [-0.25, -0.2) is 27.5 Å². The van der Waals surface area contributed by atoms with E-state index in [2.05, 4.69) is 0 Å². The molecule has 1 amide bonds. The monoisotopic (exact) mass is 492 g/mol. The minimum atomic E-state index is -4.16. The molecule has 8 nitrogen and oxygen atoms in total. The van der Waals surface area contributed by atoms with Crippen molar-refractivity contribution in [2.45, 2.75) is 45.4 Å². The molecule has 0 radical (unpaired) electrons. The van der Waals surface area contributed by atoms with Gasteiger partial charge in [0, 0.05) is 24.3 Å². The van der Waals surface area contributed by atoms with E-state index in [1.54, 1.807) is 12.1 Å². The molecule has 4 aromatic rings. The number of benzene rings is 2. The molecule has 0 aliphatic rings. The van der Waals surface area contributed by atoms with Crippen molar-refractivity contribution in [2.75, 3.05) is 6.54 Å². The fraction of sp³-hybridized carbons (Fsp3) is 0.269. The molecule has 2 aromatic heterocycles. The van der Waals surface area contributed by atoms with Crippen molar-refractivity contribution in [1.82, 2.24) is 18.8 Å². The number of fused-ring (bicyclic) bond motifs is 1. The summed E-state index contributed by atoms with van der Waals surface area (Å²) in [4.78, 5) is 21.2. The Morgan fingerprint density at radius 1 is 1.00 bits per heavy atom. The minimum Gasteiger partial charge on any atom is -0.464 e. The van der Waals surface area contributed by atoms with Gasteiger partial charge < -0.3 is 5.11 Å². The van der Waals surface area contributed by atoms with Crippen LogP contribution < -0.4 is 0 Å². The van der Waals surface area contributed by atoms with Crippen LogP contribution in [0.2, 0.25) is 0 Å². The van der Waals surface area contributed by atoms with Gasteiger partial charge in [0.1, 0.15) is 11.3 Å². The smallest absolute Gasteiger partial charge is 0.421 e. The van der Waals surface area contributed by atoms with Gasteiger partial charge in [0.2, 0.25) is 0 Å².